The van der Waals surface area contributed by atoms with E-state index in [0.29, 0.717) is 11.6 Å². The third-order valence-corrected chi connectivity index (χ3v) is 3.75. The molecule has 0 spiro atoms. The molecule has 0 aliphatic heterocycles. The van der Waals surface area contributed by atoms with E-state index < -0.39 is 5.84 Å². The minimum absolute atomic E-state index is 0.192. The number of nitrogens with one attached hydrogen (secondary N) is 3. The molecule has 0 bridgehead atoms. The van der Waals surface area contributed by atoms with Gasteiger partial charge in [-0.2, -0.15) is 10.4 Å². The molecule has 0 fully saturated rings. The van der Waals surface area contributed by atoms with Crippen LogP contribution in [0.15, 0.2) is 60.1 Å². The van der Waals surface area contributed by atoms with Gasteiger partial charge >= 0.3 is 0 Å². The number of anilines is 3. The van der Waals surface area contributed by atoms with Crippen molar-refractivity contribution in [3.63, 3.8) is 0 Å². The minimum atomic E-state index is -0.402. The van der Waals surface area contributed by atoms with E-state index in [1.165, 1.54) is 0 Å². The van der Waals surface area contributed by atoms with Crippen molar-refractivity contribution >= 4 is 28.9 Å². The lowest BCUT2D eigenvalue weighted by Gasteiger charge is -2.11. The summed E-state index contributed by atoms with van der Waals surface area (Å²) in [6.45, 7) is 1.94. The molecule has 0 amide bonds. The van der Waals surface area contributed by atoms with Crippen LogP contribution < -0.4 is 16.5 Å². The fraction of sp³-hybridized carbons (Fsp3) is 0.0526. The second-order valence-corrected chi connectivity index (χ2v) is 5.76. The molecule has 5 N–H and O–H groups in total. The average molecular weight is 371 g/mol. The molecule has 1 aromatic carbocycles. The highest BCUT2D eigenvalue weighted by molar-refractivity contribution is 6.45. The van der Waals surface area contributed by atoms with Gasteiger partial charge in [0.2, 0.25) is 11.7 Å². The second-order valence-electron chi connectivity index (χ2n) is 5.76. The molecule has 2 aromatic heterocycles. The number of aromatic nitrogens is 3. The monoisotopic (exact) mass is 371 g/mol. The summed E-state index contributed by atoms with van der Waals surface area (Å²) in [5.41, 5.74) is 11.8. The van der Waals surface area contributed by atoms with Crippen molar-refractivity contribution < 1.29 is 0 Å². The van der Waals surface area contributed by atoms with Crippen LogP contribution in [0.4, 0.5) is 17.3 Å². The third kappa shape index (κ3) is 4.44. The van der Waals surface area contributed by atoms with Gasteiger partial charge < -0.3 is 11.1 Å². The fourth-order valence-electron chi connectivity index (χ4n) is 2.31. The van der Waals surface area contributed by atoms with Crippen molar-refractivity contribution in [2.24, 2.45) is 10.8 Å². The van der Waals surface area contributed by atoms with E-state index in [9.17, 15) is 0 Å². The number of hydrogen-bond donors (Lipinski definition) is 4. The minimum Gasteiger partial charge on any atom is -0.382 e. The van der Waals surface area contributed by atoms with Gasteiger partial charge in [-0.3, -0.25) is 15.8 Å². The molecule has 0 aliphatic carbocycles. The summed E-state index contributed by atoms with van der Waals surface area (Å²) in [7, 11) is 0. The number of amidine groups is 1. The van der Waals surface area contributed by atoms with Crippen LogP contribution >= 0.6 is 0 Å². The van der Waals surface area contributed by atoms with Crippen LogP contribution in [0.1, 0.15) is 5.56 Å². The van der Waals surface area contributed by atoms with Gasteiger partial charge in [0.15, 0.2) is 5.84 Å². The molecule has 28 heavy (non-hydrogen) atoms. The summed E-state index contributed by atoms with van der Waals surface area (Å²) in [4.78, 5) is 12.9. The maximum absolute atomic E-state index is 8.91. The number of hydrazone groups is 1. The van der Waals surface area contributed by atoms with Crippen molar-refractivity contribution in [3.05, 3.63) is 60.6 Å². The van der Waals surface area contributed by atoms with Crippen molar-refractivity contribution in [1.29, 1.82) is 10.7 Å². The van der Waals surface area contributed by atoms with E-state index in [-0.39, 0.29) is 5.71 Å². The van der Waals surface area contributed by atoms with Gasteiger partial charge in [0, 0.05) is 29.8 Å². The van der Waals surface area contributed by atoms with E-state index in [0.717, 1.165) is 22.5 Å². The Balaban J connectivity index is 1.83. The summed E-state index contributed by atoms with van der Waals surface area (Å²) in [6, 6.07) is 12.8. The fourth-order valence-corrected chi connectivity index (χ4v) is 2.31. The van der Waals surface area contributed by atoms with Gasteiger partial charge in [-0.1, -0.05) is 6.07 Å². The molecule has 9 heteroatoms. The molecular weight excluding hydrogens is 354 g/mol. The van der Waals surface area contributed by atoms with E-state index in [4.69, 9.17) is 16.4 Å². The molecule has 0 saturated heterocycles. The first kappa shape index (κ1) is 18.5. The number of hydrogen-bond acceptors (Lipinski definition) is 8. The molecule has 9 nitrogen and oxygen atoms in total. The quantitative estimate of drug-likeness (QED) is 0.296. The molecule has 0 radical (unpaired) electrons. The zero-order chi connectivity index (χ0) is 19.9. The van der Waals surface area contributed by atoms with Crippen molar-refractivity contribution in [1.82, 2.24) is 15.0 Å². The molecule has 138 valence electrons. The number of pyridine rings is 1. The Hall–Kier alpha value is -4.32. The number of nitriles is 1. The standard InChI is InChI=1S/C19H17N9/c1-12-4-5-14(27-28-17(10-20)18(21)22)9-16(12)26-19-24-8-6-15(25-19)13-3-2-7-23-11-13/h2-9,11,27H,1H3,(H3,21,22)(H,24,25,26)/b28-17+. The topological polar surface area (TPSA) is 149 Å². The van der Waals surface area contributed by atoms with E-state index >= 15 is 0 Å². The van der Waals surface area contributed by atoms with Gasteiger partial charge in [0.1, 0.15) is 6.07 Å². The Morgan fingerprint density at radius 3 is 2.82 bits per heavy atom. The maximum atomic E-state index is 8.91. The molecule has 0 atom stereocenters. The molecule has 0 saturated carbocycles. The van der Waals surface area contributed by atoms with Crippen LogP contribution in [0.5, 0.6) is 0 Å². The van der Waals surface area contributed by atoms with Gasteiger partial charge in [-0.15, -0.1) is 0 Å². The lowest BCUT2D eigenvalue weighted by molar-refractivity contribution is 1.16. The Morgan fingerprint density at radius 2 is 2.11 bits per heavy atom. The Bertz CT molecular complexity index is 1070. The normalized spacial score (nSPS) is 10.8. The van der Waals surface area contributed by atoms with Crippen LogP contribution in [0.2, 0.25) is 0 Å². The molecular formula is C19H17N9. The summed E-state index contributed by atoms with van der Waals surface area (Å²) < 4.78 is 0. The Kier molecular flexibility index (Phi) is 5.52. The first-order chi connectivity index (χ1) is 13.6. The van der Waals surface area contributed by atoms with E-state index in [1.807, 2.05) is 31.2 Å². The summed E-state index contributed by atoms with van der Waals surface area (Å²) in [5.74, 6) is 0.0348. The molecule has 2 heterocycles. The second kappa shape index (κ2) is 8.37. The smallest absolute Gasteiger partial charge is 0.227 e. The largest absolute Gasteiger partial charge is 0.382 e. The Morgan fingerprint density at radius 1 is 1.25 bits per heavy atom. The highest BCUT2D eigenvalue weighted by Crippen LogP contribution is 2.24. The van der Waals surface area contributed by atoms with E-state index in [1.54, 1.807) is 36.8 Å². The average Bonchev–Trinajstić information content (AvgIpc) is 2.71. The Labute approximate surface area is 161 Å². The van der Waals surface area contributed by atoms with Crippen LogP contribution in [-0.4, -0.2) is 26.5 Å². The lowest BCUT2D eigenvalue weighted by atomic mass is 10.2. The zero-order valence-corrected chi connectivity index (χ0v) is 15.0. The van der Waals surface area contributed by atoms with Crippen molar-refractivity contribution in [2.45, 2.75) is 6.92 Å². The van der Waals surface area contributed by atoms with Crippen LogP contribution in [0.3, 0.4) is 0 Å². The highest BCUT2D eigenvalue weighted by Gasteiger charge is 2.06. The first-order valence-electron chi connectivity index (χ1n) is 8.26. The van der Waals surface area contributed by atoms with Crippen LogP contribution in [0, 0.1) is 23.7 Å². The molecule has 0 unspecified atom stereocenters. The summed E-state index contributed by atoms with van der Waals surface area (Å²) >= 11 is 0. The number of benzene rings is 1. The van der Waals surface area contributed by atoms with Crippen molar-refractivity contribution in [3.8, 4) is 17.3 Å². The lowest BCUT2D eigenvalue weighted by Crippen LogP contribution is -2.21. The third-order valence-electron chi connectivity index (χ3n) is 3.75. The van der Waals surface area contributed by atoms with Gasteiger partial charge in [-0.25, -0.2) is 9.97 Å². The zero-order valence-electron chi connectivity index (χ0n) is 15.0. The first-order valence-corrected chi connectivity index (χ1v) is 8.26. The predicted octanol–water partition coefficient (Wildman–Crippen LogP) is 2.82. The van der Waals surface area contributed by atoms with Gasteiger partial charge in [0.05, 0.1) is 11.4 Å². The SMILES string of the molecule is Cc1ccc(N/N=C(\C#N)C(=N)N)cc1Nc1nccc(-c2cccnc2)n1. The van der Waals surface area contributed by atoms with E-state index in [2.05, 4.69) is 30.8 Å². The predicted molar refractivity (Wildman–Crippen MR) is 108 cm³/mol. The van der Waals surface area contributed by atoms with Crippen molar-refractivity contribution in [2.75, 3.05) is 10.7 Å². The highest BCUT2D eigenvalue weighted by atomic mass is 15.3. The molecule has 0 aliphatic rings. The maximum Gasteiger partial charge on any atom is 0.227 e. The number of nitrogens with zero attached hydrogens (tertiary/aromatic N) is 5. The number of aryl methyl sites for hydroxylation is 1. The summed E-state index contributed by atoms with van der Waals surface area (Å²) in [5, 5.41) is 23.2. The van der Waals surface area contributed by atoms with Gasteiger partial charge in [0.25, 0.3) is 0 Å². The van der Waals surface area contributed by atoms with Crippen LogP contribution in [0.25, 0.3) is 11.3 Å². The molecule has 3 aromatic rings. The van der Waals surface area contributed by atoms with Crippen LogP contribution in [-0.2, 0) is 0 Å². The van der Waals surface area contributed by atoms with Gasteiger partial charge in [-0.05, 0) is 42.8 Å². The summed E-state index contributed by atoms with van der Waals surface area (Å²) in [6.07, 6.45) is 5.12. The number of nitrogens with two attached hydrogens (primary N) is 1. The molecule has 3 rings (SSSR count). The number of rotatable bonds is 6.